The van der Waals surface area contributed by atoms with Crippen LogP contribution in [0.4, 0.5) is 4.39 Å². The van der Waals surface area contributed by atoms with Crippen LogP contribution in [0.25, 0.3) is 0 Å². The first-order chi connectivity index (χ1) is 8.66. The minimum absolute atomic E-state index is 0.178. The number of benzene rings is 2. The second-order valence-electron chi connectivity index (χ2n) is 4.17. The fourth-order valence-electron chi connectivity index (χ4n) is 1.82. The van der Waals surface area contributed by atoms with E-state index in [2.05, 4.69) is 28.1 Å². The van der Waals surface area contributed by atoms with E-state index in [0.29, 0.717) is 0 Å². The second kappa shape index (κ2) is 6.35. The molecule has 1 atom stereocenters. The molecule has 0 bridgehead atoms. The zero-order chi connectivity index (χ0) is 13.0. The van der Waals surface area contributed by atoms with E-state index in [1.807, 2.05) is 24.3 Å². The Labute approximate surface area is 120 Å². The highest BCUT2D eigenvalue weighted by molar-refractivity contribution is 9.09. The maximum Gasteiger partial charge on any atom is 0.142 e. The van der Waals surface area contributed by atoms with Crippen molar-refractivity contribution in [3.63, 3.8) is 0 Å². The fourth-order valence-corrected chi connectivity index (χ4v) is 2.47. The van der Waals surface area contributed by atoms with Crippen LogP contribution in [0.5, 0.6) is 0 Å². The Morgan fingerprint density at radius 1 is 1.11 bits per heavy atom. The summed E-state index contributed by atoms with van der Waals surface area (Å²) in [6.07, 6.45) is 1.74. The lowest BCUT2D eigenvalue weighted by Gasteiger charge is -2.10. The Balaban J connectivity index is 1.97. The molecular formula is C15H13BrClF. The Kier molecular flexibility index (Phi) is 4.79. The molecule has 0 aromatic heterocycles. The van der Waals surface area contributed by atoms with Gasteiger partial charge in [0.25, 0.3) is 0 Å². The monoisotopic (exact) mass is 326 g/mol. The lowest BCUT2D eigenvalue weighted by atomic mass is 10.0. The van der Waals surface area contributed by atoms with Gasteiger partial charge in [0.2, 0.25) is 0 Å². The van der Waals surface area contributed by atoms with Crippen LogP contribution in [0, 0.1) is 5.82 Å². The molecule has 2 aromatic rings. The van der Waals surface area contributed by atoms with Gasteiger partial charge in [-0.15, -0.1) is 0 Å². The van der Waals surface area contributed by atoms with E-state index in [1.165, 1.54) is 11.6 Å². The molecule has 18 heavy (non-hydrogen) atoms. The van der Waals surface area contributed by atoms with Crippen molar-refractivity contribution in [2.24, 2.45) is 0 Å². The summed E-state index contributed by atoms with van der Waals surface area (Å²) >= 11 is 9.31. The number of alkyl halides is 1. The van der Waals surface area contributed by atoms with E-state index in [1.54, 1.807) is 6.07 Å². The minimum Gasteiger partial charge on any atom is -0.205 e. The number of rotatable bonds is 4. The molecule has 0 fully saturated rings. The summed E-state index contributed by atoms with van der Waals surface area (Å²) in [5, 5.41) is 0.178. The van der Waals surface area contributed by atoms with Gasteiger partial charge < -0.3 is 0 Å². The number of hydrogen-bond acceptors (Lipinski definition) is 0. The third-order valence-electron chi connectivity index (χ3n) is 2.83. The highest BCUT2D eigenvalue weighted by Crippen LogP contribution is 2.28. The van der Waals surface area contributed by atoms with Crippen molar-refractivity contribution in [3.8, 4) is 0 Å². The molecule has 0 aliphatic carbocycles. The van der Waals surface area contributed by atoms with Crippen LogP contribution in [0.15, 0.2) is 48.5 Å². The number of aryl methyl sites for hydroxylation is 1. The van der Waals surface area contributed by atoms with Gasteiger partial charge in [-0.25, -0.2) is 4.39 Å². The van der Waals surface area contributed by atoms with Gasteiger partial charge in [-0.1, -0.05) is 63.9 Å². The van der Waals surface area contributed by atoms with Crippen molar-refractivity contribution < 1.29 is 4.39 Å². The SMILES string of the molecule is Fc1cc(CCC(Br)c2ccccc2)ccc1Cl. The van der Waals surface area contributed by atoms with Crippen LogP contribution in [0.3, 0.4) is 0 Å². The normalized spacial score (nSPS) is 12.4. The van der Waals surface area contributed by atoms with E-state index < -0.39 is 0 Å². The first kappa shape index (κ1) is 13.6. The van der Waals surface area contributed by atoms with E-state index >= 15 is 0 Å². The lowest BCUT2D eigenvalue weighted by Crippen LogP contribution is -1.94. The lowest BCUT2D eigenvalue weighted by molar-refractivity contribution is 0.625. The Bertz CT molecular complexity index is 513. The van der Waals surface area contributed by atoms with Gasteiger partial charge in [0.15, 0.2) is 0 Å². The summed E-state index contributed by atoms with van der Waals surface area (Å²) in [5.74, 6) is -0.347. The van der Waals surface area contributed by atoms with Crippen LogP contribution in [-0.2, 0) is 6.42 Å². The quantitative estimate of drug-likeness (QED) is 0.646. The minimum atomic E-state index is -0.347. The molecule has 0 amide bonds. The second-order valence-corrected chi connectivity index (χ2v) is 5.68. The molecule has 0 N–H and O–H groups in total. The van der Waals surface area contributed by atoms with Crippen LogP contribution in [-0.4, -0.2) is 0 Å². The maximum atomic E-state index is 13.3. The molecule has 2 rings (SSSR count). The van der Waals surface area contributed by atoms with Crippen molar-refractivity contribution in [1.82, 2.24) is 0 Å². The fraction of sp³-hybridized carbons (Fsp3) is 0.200. The average Bonchev–Trinajstić information content (AvgIpc) is 2.41. The topological polar surface area (TPSA) is 0 Å². The Morgan fingerprint density at radius 3 is 2.50 bits per heavy atom. The molecule has 0 aliphatic heterocycles. The molecule has 0 saturated carbocycles. The summed E-state index contributed by atoms with van der Waals surface area (Å²) in [6, 6.07) is 15.2. The zero-order valence-corrected chi connectivity index (χ0v) is 12.1. The molecule has 3 heteroatoms. The summed E-state index contributed by atoms with van der Waals surface area (Å²) in [4.78, 5) is 0.289. The molecule has 2 aromatic carbocycles. The molecule has 0 nitrogen and oxygen atoms in total. The number of halogens is 3. The van der Waals surface area contributed by atoms with Crippen LogP contribution in [0.2, 0.25) is 5.02 Å². The molecule has 94 valence electrons. The van der Waals surface area contributed by atoms with E-state index in [-0.39, 0.29) is 15.7 Å². The van der Waals surface area contributed by atoms with E-state index in [4.69, 9.17) is 11.6 Å². The van der Waals surface area contributed by atoms with Crippen LogP contribution >= 0.6 is 27.5 Å². The first-order valence-electron chi connectivity index (χ1n) is 5.80. The van der Waals surface area contributed by atoms with Crippen LogP contribution < -0.4 is 0 Å². The van der Waals surface area contributed by atoms with Crippen LogP contribution in [0.1, 0.15) is 22.4 Å². The van der Waals surface area contributed by atoms with Crippen molar-refractivity contribution in [2.45, 2.75) is 17.7 Å². The van der Waals surface area contributed by atoms with Gasteiger partial charge in [0, 0.05) is 4.83 Å². The maximum absolute atomic E-state index is 13.3. The Hall–Kier alpha value is -0.860. The average molecular weight is 328 g/mol. The highest BCUT2D eigenvalue weighted by atomic mass is 79.9. The molecule has 0 heterocycles. The number of hydrogen-bond donors (Lipinski definition) is 0. The van der Waals surface area contributed by atoms with E-state index in [0.717, 1.165) is 18.4 Å². The molecular weight excluding hydrogens is 315 g/mol. The largest absolute Gasteiger partial charge is 0.205 e. The summed E-state index contributed by atoms with van der Waals surface area (Å²) < 4.78 is 13.3. The van der Waals surface area contributed by atoms with Gasteiger partial charge in [0.1, 0.15) is 5.82 Å². The summed E-state index contributed by atoms with van der Waals surface area (Å²) in [5.41, 5.74) is 2.21. The van der Waals surface area contributed by atoms with Crippen molar-refractivity contribution in [2.75, 3.05) is 0 Å². The summed E-state index contributed by atoms with van der Waals surface area (Å²) in [6.45, 7) is 0. The predicted octanol–water partition coefficient (Wildman–Crippen LogP) is 5.55. The smallest absolute Gasteiger partial charge is 0.142 e. The molecule has 0 radical (unpaired) electrons. The van der Waals surface area contributed by atoms with Gasteiger partial charge in [-0.2, -0.15) is 0 Å². The zero-order valence-electron chi connectivity index (χ0n) is 9.74. The third kappa shape index (κ3) is 3.56. The van der Waals surface area contributed by atoms with Gasteiger partial charge >= 0.3 is 0 Å². The van der Waals surface area contributed by atoms with Crippen molar-refractivity contribution >= 4 is 27.5 Å². The molecule has 0 spiro atoms. The predicted molar refractivity (Wildman–Crippen MR) is 77.8 cm³/mol. The van der Waals surface area contributed by atoms with Gasteiger partial charge in [-0.3, -0.25) is 0 Å². The van der Waals surface area contributed by atoms with Crippen molar-refractivity contribution in [1.29, 1.82) is 0 Å². The van der Waals surface area contributed by atoms with E-state index in [9.17, 15) is 4.39 Å². The highest BCUT2D eigenvalue weighted by Gasteiger charge is 2.08. The van der Waals surface area contributed by atoms with Gasteiger partial charge in [-0.05, 0) is 36.1 Å². The molecule has 1 unspecified atom stereocenters. The molecule has 0 saturated heterocycles. The van der Waals surface area contributed by atoms with Crippen molar-refractivity contribution in [3.05, 3.63) is 70.5 Å². The third-order valence-corrected chi connectivity index (χ3v) is 4.12. The first-order valence-corrected chi connectivity index (χ1v) is 7.09. The standard InChI is InChI=1S/C15H13BrClF/c16-13(12-4-2-1-3-5-12)8-6-11-7-9-14(17)15(18)10-11/h1-5,7,9-10,13H,6,8H2. The molecule has 0 aliphatic rings. The summed E-state index contributed by atoms with van der Waals surface area (Å²) in [7, 11) is 0. The Morgan fingerprint density at radius 2 is 1.83 bits per heavy atom. The van der Waals surface area contributed by atoms with Gasteiger partial charge in [0.05, 0.1) is 5.02 Å².